The van der Waals surface area contributed by atoms with Crippen LogP contribution >= 0.6 is 15.9 Å². The fraction of sp³-hybridized carbons (Fsp3) is 0.286. The molecule has 2 aromatic carbocycles. The van der Waals surface area contributed by atoms with E-state index in [4.69, 9.17) is 0 Å². The maximum atomic E-state index is 13.3. The van der Waals surface area contributed by atoms with Crippen molar-refractivity contribution in [1.82, 2.24) is 10.2 Å². The normalized spacial score (nSPS) is 21.2. The van der Waals surface area contributed by atoms with Gasteiger partial charge in [-0.15, -0.1) is 6.58 Å². The molecule has 2 amide bonds. The van der Waals surface area contributed by atoms with E-state index in [1.165, 1.54) is 12.1 Å². The summed E-state index contributed by atoms with van der Waals surface area (Å²) in [5.41, 5.74) is 1.43. The van der Waals surface area contributed by atoms with Gasteiger partial charge < -0.3 is 10.2 Å². The average Bonchev–Trinajstić information content (AvgIpc) is 2.62. The van der Waals surface area contributed by atoms with Crippen molar-refractivity contribution < 1.29 is 9.18 Å². The van der Waals surface area contributed by atoms with E-state index >= 15 is 0 Å². The molecule has 0 radical (unpaired) electrons. The van der Waals surface area contributed by atoms with Crippen molar-refractivity contribution in [1.29, 1.82) is 0 Å². The Hall–Kier alpha value is -2.14. The van der Waals surface area contributed by atoms with Crippen molar-refractivity contribution in [3.8, 4) is 0 Å². The monoisotopic (exact) mass is 416 g/mol. The predicted molar refractivity (Wildman–Crippen MR) is 105 cm³/mol. The molecule has 0 aliphatic carbocycles. The number of hydrogen-bond donors (Lipinski definition) is 1. The van der Waals surface area contributed by atoms with Gasteiger partial charge in [0, 0.05) is 11.0 Å². The summed E-state index contributed by atoms with van der Waals surface area (Å²) < 4.78 is 14.3. The number of hydrogen-bond acceptors (Lipinski definition) is 1. The van der Waals surface area contributed by atoms with Crippen LogP contribution in [-0.2, 0) is 5.54 Å². The largest absolute Gasteiger partial charge is 0.328 e. The van der Waals surface area contributed by atoms with Crippen LogP contribution in [0.4, 0.5) is 9.18 Å². The molecule has 1 heterocycles. The van der Waals surface area contributed by atoms with Crippen LogP contribution in [0.2, 0.25) is 0 Å². The topological polar surface area (TPSA) is 32.3 Å². The van der Waals surface area contributed by atoms with Crippen molar-refractivity contribution in [2.45, 2.75) is 31.3 Å². The minimum absolute atomic E-state index is 0.0551. The maximum Gasteiger partial charge on any atom is 0.318 e. The standard InChI is InChI=1S/C21H22BrFN2O/c1-3-12-21(16-8-10-17(23)11-9-16)13-14-25(20(26)24-21)15(2)18-6-4-5-7-19(18)22/h3-11,15H,1,12-14H2,2H3,(H,24,26)/t15?,21-/m1/s1. The molecule has 3 nitrogen and oxygen atoms in total. The number of rotatable bonds is 5. The van der Waals surface area contributed by atoms with Gasteiger partial charge in [0.05, 0.1) is 11.6 Å². The molecule has 26 heavy (non-hydrogen) atoms. The van der Waals surface area contributed by atoms with Gasteiger partial charge in [0.1, 0.15) is 5.82 Å². The molecule has 5 heteroatoms. The van der Waals surface area contributed by atoms with Crippen molar-refractivity contribution >= 4 is 22.0 Å². The van der Waals surface area contributed by atoms with E-state index in [1.807, 2.05) is 36.1 Å². The molecule has 0 spiro atoms. The Morgan fingerprint density at radius 3 is 2.62 bits per heavy atom. The zero-order chi connectivity index (χ0) is 18.7. The second kappa shape index (κ2) is 7.62. The van der Waals surface area contributed by atoms with Gasteiger partial charge in [-0.25, -0.2) is 9.18 Å². The summed E-state index contributed by atoms with van der Waals surface area (Å²) in [6, 6.07) is 14.1. The van der Waals surface area contributed by atoms with Crippen LogP contribution in [0.5, 0.6) is 0 Å². The molecule has 1 aliphatic heterocycles. The summed E-state index contributed by atoms with van der Waals surface area (Å²) in [5.74, 6) is -0.284. The molecule has 0 bridgehead atoms. The highest BCUT2D eigenvalue weighted by molar-refractivity contribution is 9.10. The van der Waals surface area contributed by atoms with Crippen LogP contribution in [-0.4, -0.2) is 17.5 Å². The molecule has 2 atom stereocenters. The zero-order valence-electron chi connectivity index (χ0n) is 14.7. The fourth-order valence-electron chi connectivity index (χ4n) is 3.61. The number of nitrogens with one attached hydrogen (secondary N) is 1. The highest BCUT2D eigenvalue weighted by Gasteiger charge is 2.40. The number of urea groups is 1. The quantitative estimate of drug-likeness (QED) is 0.637. The second-order valence-electron chi connectivity index (χ2n) is 6.65. The molecule has 1 unspecified atom stereocenters. The first-order valence-electron chi connectivity index (χ1n) is 8.67. The van der Waals surface area contributed by atoms with Crippen LogP contribution in [0.3, 0.4) is 0 Å². The summed E-state index contributed by atoms with van der Waals surface area (Å²) >= 11 is 3.57. The Morgan fingerprint density at radius 1 is 1.31 bits per heavy atom. The minimum atomic E-state index is -0.545. The zero-order valence-corrected chi connectivity index (χ0v) is 16.3. The molecular formula is C21H22BrFN2O. The molecular weight excluding hydrogens is 395 g/mol. The number of benzene rings is 2. The number of amides is 2. The van der Waals surface area contributed by atoms with Crippen molar-refractivity contribution in [2.24, 2.45) is 0 Å². The van der Waals surface area contributed by atoms with Crippen molar-refractivity contribution in [3.63, 3.8) is 0 Å². The van der Waals surface area contributed by atoms with Crippen LogP contribution < -0.4 is 5.32 Å². The Kier molecular flexibility index (Phi) is 5.47. The highest BCUT2D eigenvalue weighted by Crippen LogP contribution is 2.36. The van der Waals surface area contributed by atoms with Gasteiger partial charge in [-0.05, 0) is 49.1 Å². The molecule has 1 fully saturated rings. The molecule has 2 aromatic rings. The average molecular weight is 417 g/mol. The van der Waals surface area contributed by atoms with Gasteiger partial charge in [0.25, 0.3) is 0 Å². The summed E-state index contributed by atoms with van der Waals surface area (Å²) in [5, 5.41) is 3.16. The lowest BCUT2D eigenvalue weighted by atomic mass is 9.81. The Bertz CT molecular complexity index is 808. The third kappa shape index (κ3) is 3.54. The molecule has 1 saturated heterocycles. The van der Waals surface area contributed by atoms with Gasteiger partial charge in [-0.1, -0.05) is 52.3 Å². The van der Waals surface area contributed by atoms with E-state index in [-0.39, 0.29) is 17.9 Å². The maximum absolute atomic E-state index is 13.3. The first-order chi connectivity index (χ1) is 12.5. The van der Waals surface area contributed by atoms with Gasteiger partial charge in [-0.2, -0.15) is 0 Å². The van der Waals surface area contributed by atoms with Gasteiger partial charge >= 0.3 is 6.03 Å². The lowest BCUT2D eigenvalue weighted by Crippen LogP contribution is -2.58. The molecule has 0 aromatic heterocycles. The summed E-state index contributed by atoms with van der Waals surface area (Å²) in [7, 11) is 0. The van der Waals surface area contributed by atoms with Gasteiger partial charge in [-0.3, -0.25) is 0 Å². The van der Waals surface area contributed by atoms with Crippen LogP contribution in [0.1, 0.15) is 36.9 Å². The first kappa shape index (κ1) is 18.6. The lowest BCUT2D eigenvalue weighted by Gasteiger charge is -2.44. The Labute approximate surface area is 162 Å². The van der Waals surface area contributed by atoms with Crippen LogP contribution in [0.25, 0.3) is 0 Å². The SMILES string of the molecule is C=CC[C@]1(c2ccc(F)cc2)CCN(C(C)c2ccccc2Br)C(=O)N1. The van der Waals surface area contributed by atoms with Crippen LogP contribution in [0, 0.1) is 5.82 Å². The summed E-state index contributed by atoms with van der Waals surface area (Å²) in [6.45, 7) is 6.47. The summed E-state index contributed by atoms with van der Waals surface area (Å²) in [4.78, 5) is 14.8. The molecule has 1 N–H and O–H groups in total. The molecule has 3 rings (SSSR count). The van der Waals surface area contributed by atoms with Crippen LogP contribution in [0.15, 0.2) is 65.7 Å². The third-order valence-electron chi connectivity index (χ3n) is 5.10. The van der Waals surface area contributed by atoms with Gasteiger partial charge in [0.2, 0.25) is 0 Å². The number of carbonyl (C=O) groups is 1. The predicted octanol–water partition coefficient (Wildman–Crippen LogP) is 5.54. The first-order valence-corrected chi connectivity index (χ1v) is 9.46. The Morgan fingerprint density at radius 2 is 2.00 bits per heavy atom. The summed E-state index contributed by atoms with van der Waals surface area (Å²) in [6.07, 6.45) is 3.13. The van der Waals surface area contributed by atoms with E-state index < -0.39 is 5.54 Å². The smallest absolute Gasteiger partial charge is 0.318 e. The van der Waals surface area contributed by atoms with E-state index in [0.717, 1.165) is 22.0 Å². The minimum Gasteiger partial charge on any atom is -0.328 e. The molecule has 136 valence electrons. The van der Waals surface area contributed by atoms with E-state index in [2.05, 4.69) is 27.8 Å². The fourth-order valence-corrected chi connectivity index (χ4v) is 4.22. The van der Waals surface area contributed by atoms with E-state index in [9.17, 15) is 9.18 Å². The second-order valence-corrected chi connectivity index (χ2v) is 7.51. The lowest BCUT2D eigenvalue weighted by molar-refractivity contribution is 0.126. The van der Waals surface area contributed by atoms with Gasteiger partial charge in [0.15, 0.2) is 0 Å². The highest BCUT2D eigenvalue weighted by atomic mass is 79.9. The molecule has 1 aliphatic rings. The number of carbonyl (C=O) groups excluding carboxylic acids is 1. The number of nitrogens with zero attached hydrogens (tertiary/aromatic N) is 1. The van der Waals surface area contributed by atoms with Crippen molar-refractivity contribution in [3.05, 3.63) is 82.6 Å². The van der Waals surface area contributed by atoms with Crippen molar-refractivity contribution in [2.75, 3.05) is 6.54 Å². The number of halogens is 2. The Balaban J connectivity index is 1.85. The third-order valence-corrected chi connectivity index (χ3v) is 5.82. The molecule has 0 saturated carbocycles. The van der Waals surface area contributed by atoms with E-state index in [1.54, 1.807) is 18.2 Å². The van der Waals surface area contributed by atoms with E-state index in [0.29, 0.717) is 13.0 Å².